The number of carbonyl (C=O) groups is 2. The number of aromatic nitrogens is 4. The maximum Gasteiger partial charge on any atom is 0.253 e. The van der Waals surface area contributed by atoms with Crippen molar-refractivity contribution in [3.63, 3.8) is 0 Å². The molecule has 0 spiro atoms. The highest BCUT2D eigenvalue weighted by Crippen LogP contribution is 2.34. The molecule has 0 saturated carbocycles. The summed E-state index contributed by atoms with van der Waals surface area (Å²) in [6, 6.07) is 15.9. The number of halogens is 2. The molecule has 0 aliphatic carbocycles. The van der Waals surface area contributed by atoms with Crippen molar-refractivity contribution in [3.05, 3.63) is 94.3 Å². The van der Waals surface area contributed by atoms with Crippen LogP contribution in [0.3, 0.4) is 0 Å². The third kappa shape index (κ3) is 5.19. The molecule has 1 N–H and O–H groups in total. The van der Waals surface area contributed by atoms with Crippen LogP contribution < -0.4 is 10.1 Å². The Morgan fingerprint density at radius 3 is 2.67 bits per heavy atom. The van der Waals surface area contributed by atoms with E-state index in [0.717, 1.165) is 33.5 Å². The Bertz CT molecular complexity index is 1800. The van der Waals surface area contributed by atoms with E-state index in [0.29, 0.717) is 25.4 Å². The fraction of sp³-hybridized carbons (Fsp3) is 0.233. The number of oxazole rings is 1. The number of ether oxygens (including phenoxy) is 1. The second-order valence-corrected chi connectivity index (χ2v) is 10.8. The van der Waals surface area contributed by atoms with E-state index in [4.69, 9.17) is 32.4 Å². The highest BCUT2D eigenvalue weighted by atomic mass is 35.5. The first-order chi connectivity index (χ1) is 20.3. The summed E-state index contributed by atoms with van der Waals surface area (Å²) in [4.78, 5) is 31.7. The van der Waals surface area contributed by atoms with Crippen LogP contribution in [0.15, 0.2) is 71.6 Å². The third-order valence-corrected chi connectivity index (χ3v) is 8.20. The van der Waals surface area contributed by atoms with E-state index in [1.807, 2.05) is 42.6 Å². The number of hydrogen-bond acceptors (Lipinski definition) is 7. The highest BCUT2D eigenvalue weighted by Gasteiger charge is 2.37. The van der Waals surface area contributed by atoms with Crippen molar-refractivity contribution in [1.29, 1.82) is 0 Å². The topological polar surface area (TPSA) is 115 Å². The van der Waals surface area contributed by atoms with Gasteiger partial charge in [-0.25, -0.2) is 9.67 Å². The molecule has 1 saturated heterocycles. The van der Waals surface area contributed by atoms with Gasteiger partial charge in [-0.2, -0.15) is 0 Å². The minimum atomic E-state index is -0.745. The highest BCUT2D eigenvalue weighted by molar-refractivity contribution is 6.43. The second-order valence-electron chi connectivity index (χ2n) is 10.1. The van der Waals surface area contributed by atoms with Crippen molar-refractivity contribution < 1.29 is 18.7 Å². The molecule has 6 rings (SSSR count). The maximum atomic E-state index is 13.0. The molecule has 1 aliphatic rings. The number of benzene rings is 3. The fourth-order valence-electron chi connectivity index (χ4n) is 5.17. The zero-order valence-corrected chi connectivity index (χ0v) is 24.3. The quantitative estimate of drug-likeness (QED) is 0.259. The summed E-state index contributed by atoms with van der Waals surface area (Å²) in [6.07, 6.45) is 3.28. The number of carbonyl (C=O) groups excluding carboxylic acids is 2. The summed E-state index contributed by atoms with van der Waals surface area (Å²) < 4.78 is 13.0. The summed E-state index contributed by atoms with van der Waals surface area (Å²) in [5.74, 6) is 0.808. The van der Waals surface area contributed by atoms with Crippen LogP contribution in [0.1, 0.15) is 34.7 Å². The fourth-order valence-corrected chi connectivity index (χ4v) is 5.55. The molecule has 3 aromatic carbocycles. The van der Waals surface area contributed by atoms with Gasteiger partial charge in [-0.15, -0.1) is 5.10 Å². The summed E-state index contributed by atoms with van der Waals surface area (Å²) in [5, 5.41) is 13.9. The molecule has 1 unspecified atom stereocenters. The minimum Gasteiger partial charge on any atom is -0.496 e. The Labute approximate surface area is 251 Å². The largest absolute Gasteiger partial charge is 0.496 e. The van der Waals surface area contributed by atoms with Crippen LogP contribution in [0.4, 0.5) is 0 Å². The SMILES string of the molecule is COc1ccc(-c2cn(Cc3ncoc3C3CN(C(=O)C(C)NC(=O)c4cccc(Cl)c4Cl)C3)nn2)c2ccccc12. The van der Waals surface area contributed by atoms with Gasteiger partial charge >= 0.3 is 0 Å². The average molecular weight is 605 g/mol. The van der Waals surface area contributed by atoms with Crippen LogP contribution >= 0.6 is 23.2 Å². The Kier molecular flexibility index (Phi) is 7.57. The molecule has 1 aliphatic heterocycles. The lowest BCUT2D eigenvalue weighted by atomic mass is 9.95. The summed E-state index contributed by atoms with van der Waals surface area (Å²) in [7, 11) is 1.65. The van der Waals surface area contributed by atoms with E-state index >= 15 is 0 Å². The van der Waals surface area contributed by atoms with Crippen LogP contribution in [-0.4, -0.2) is 62.9 Å². The van der Waals surface area contributed by atoms with Gasteiger partial charge < -0.3 is 19.4 Å². The van der Waals surface area contributed by atoms with Gasteiger partial charge in [0.05, 0.1) is 41.4 Å². The normalized spacial score (nSPS) is 14.0. The summed E-state index contributed by atoms with van der Waals surface area (Å²) in [5.41, 5.74) is 2.62. The number of likely N-dealkylation sites (tertiary alicyclic amines) is 1. The standard InChI is InChI=1S/C30H26Cl2N6O4/c1-17(34-29(39)22-8-5-9-23(31)27(22)32)30(40)37-12-18(13-37)28-25(33-16-42-28)15-38-14-24(35-36-38)20-10-11-26(41-2)21-7-4-3-6-19(20)21/h3-11,14,16-18H,12-13,15H2,1-2H3,(H,34,39). The van der Waals surface area contributed by atoms with Crippen molar-refractivity contribution in [3.8, 4) is 17.0 Å². The predicted octanol–water partition coefficient (Wildman–Crippen LogP) is 5.19. The van der Waals surface area contributed by atoms with Crippen LogP contribution in [0, 0.1) is 0 Å². The van der Waals surface area contributed by atoms with E-state index in [1.165, 1.54) is 6.39 Å². The summed E-state index contributed by atoms with van der Waals surface area (Å²) >= 11 is 12.2. The third-order valence-electron chi connectivity index (χ3n) is 7.38. The number of nitrogens with zero attached hydrogens (tertiary/aromatic N) is 5. The second kappa shape index (κ2) is 11.5. The van der Waals surface area contributed by atoms with Gasteiger partial charge in [0.2, 0.25) is 5.91 Å². The number of amides is 2. The molecule has 1 atom stereocenters. The van der Waals surface area contributed by atoms with Crippen molar-refractivity contribution in [2.24, 2.45) is 0 Å². The van der Waals surface area contributed by atoms with Crippen molar-refractivity contribution in [2.75, 3.05) is 20.2 Å². The Morgan fingerprint density at radius 2 is 1.88 bits per heavy atom. The van der Waals surface area contributed by atoms with E-state index in [-0.39, 0.29) is 27.4 Å². The molecule has 0 bridgehead atoms. The van der Waals surface area contributed by atoms with Crippen molar-refractivity contribution >= 4 is 45.8 Å². The molecule has 10 nitrogen and oxygen atoms in total. The first kappa shape index (κ1) is 27.7. The van der Waals surface area contributed by atoms with Crippen LogP contribution in [0.5, 0.6) is 5.75 Å². The van der Waals surface area contributed by atoms with Gasteiger partial charge in [0.25, 0.3) is 5.91 Å². The molecule has 1 fully saturated rings. The van der Waals surface area contributed by atoms with E-state index < -0.39 is 11.9 Å². The van der Waals surface area contributed by atoms with E-state index in [2.05, 4.69) is 20.6 Å². The first-order valence-electron chi connectivity index (χ1n) is 13.3. The lowest BCUT2D eigenvalue weighted by Gasteiger charge is -2.39. The zero-order valence-electron chi connectivity index (χ0n) is 22.8. The molecule has 42 heavy (non-hydrogen) atoms. The Balaban J connectivity index is 1.09. The summed E-state index contributed by atoms with van der Waals surface area (Å²) in [6.45, 7) is 2.89. The predicted molar refractivity (Wildman–Crippen MR) is 158 cm³/mol. The van der Waals surface area contributed by atoms with Gasteiger partial charge in [-0.3, -0.25) is 9.59 Å². The van der Waals surface area contributed by atoms with Gasteiger partial charge in [-0.05, 0) is 36.6 Å². The van der Waals surface area contributed by atoms with Crippen molar-refractivity contribution in [1.82, 2.24) is 30.2 Å². The molecular weight excluding hydrogens is 579 g/mol. The monoisotopic (exact) mass is 604 g/mol. The van der Waals surface area contributed by atoms with Crippen LogP contribution in [0.25, 0.3) is 22.0 Å². The minimum absolute atomic E-state index is 0.0229. The van der Waals surface area contributed by atoms with Gasteiger partial charge in [0.15, 0.2) is 6.39 Å². The molecule has 214 valence electrons. The van der Waals surface area contributed by atoms with Crippen LogP contribution in [0.2, 0.25) is 10.0 Å². The molecule has 5 aromatic rings. The molecule has 0 radical (unpaired) electrons. The molecule has 12 heteroatoms. The number of fused-ring (bicyclic) bond motifs is 1. The number of nitrogens with one attached hydrogen (secondary N) is 1. The molecular formula is C30H26Cl2N6O4. The number of methoxy groups -OCH3 is 1. The number of hydrogen-bond donors (Lipinski definition) is 1. The van der Waals surface area contributed by atoms with Crippen molar-refractivity contribution in [2.45, 2.75) is 25.4 Å². The lowest BCUT2D eigenvalue weighted by molar-refractivity contribution is -0.137. The smallest absolute Gasteiger partial charge is 0.253 e. The van der Waals surface area contributed by atoms with Gasteiger partial charge in [0, 0.05) is 24.0 Å². The molecule has 2 aromatic heterocycles. The number of rotatable bonds is 8. The van der Waals surface area contributed by atoms with E-state index in [1.54, 1.807) is 41.8 Å². The average Bonchev–Trinajstić information content (AvgIpc) is 3.63. The molecule has 2 amide bonds. The van der Waals surface area contributed by atoms with Gasteiger partial charge in [0.1, 0.15) is 28.9 Å². The van der Waals surface area contributed by atoms with Crippen LogP contribution in [-0.2, 0) is 11.3 Å². The van der Waals surface area contributed by atoms with E-state index in [9.17, 15) is 9.59 Å². The molecule has 3 heterocycles. The lowest BCUT2D eigenvalue weighted by Crippen LogP contribution is -2.55. The Hall–Kier alpha value is -4.41. The van der Waals surface area contributed by atoms with Gasteiger partial charge in [-0.1, -0.05) is 58.7 Å². The zero-order chi connectivity index (χ0) is 29.4. The Morgan fingerprint density at radius 1 is 1.10 bits per heavy atom. The maximum absolute atomic E-state index is 13.0. The first-order valence-corrected chi connectivity index (χ1v) is 14.0.